The lowest BCUT2D eigenvalue weighted by Crippen LogP contribution is -2.15. The van der Waals surface area contributed by atoms with Crippen LogP contribution in [0.3, 0.4) is 0 Å². The third-order valence-corrected chi connectivity index (χ3v) is 3.04. The Morgan fingerprint density at radius 1 is 1.13 bits per heavy atom. The Kier molecular flexibility index (Phi) is 7.03. The van der Waals surface area contributed by atoms with Gasteiger partial charge in [-0.2, -0.15) is 0 Å². The number of hydrogen-bond acceptors (Lipinski definition) is 5. The number of rotatable bonds is 9. The van der Waals surface area contributed by atoms with E-state index in [1.165, 1.54) is 0 Å². The van der Waals surface area contributed by atoms with E-state index in [1.807, 2.05) is 30.3 Å². The first kappa shape index (κ1) is 16.9. The Labute approximate surface area is 135 Å². The second-order valence-electron chi connectivity index (χ2n) is 4.91. The Morgan fingerprint density at radius 3 is 2.65 bits per heavy atom. The van der Waals surface area contributed by atoms with Crippen molar-refractivity contribution in [2.45, 2.75) is 6.42 Å². The van der Waals surface area contributed by atoms with Gasteiger partial charge in [0.1, 0.15) is 5.82 Å². The van der Waals surface area contributed by atoms with Crippen LogP contribution >= 0.6 is 0 Å². The molecule has 0 aliphatic rings. The van der Waals surface area contributed by atoms with E-state index in [4.69, 9.17) is 9.84 Å². The number of nitrogens with one attached hydrogen (secondary N) is 2. The number of benzene rings is 1. The first-order chi connectivity index (χ1) is 11.3. The highest BCUT2D eigenvalue weighted by atomic mass is 16.5. The predicted molar refractivity (Wildman–Crippen MR) is 89.4 cm³/mol. The molecule has 2 rings (SSSR count). The van der Waals surface area contributed by atoms with Gasteiger partial charge in [-0.05, 0) is 17.7 Å². The summed E-state index contributed by atoms with van der Waals surface area (Å²) in [5, 5.41) is 14.5. The van der Waals surface area contributed by atoms with E-state index in [0.717, 1.165) is 5.56 Å². The minimum Gasteiger partial charge on any atom is -0.394 e. The van der Waals surface area contributed by atoms with Crippen molar-refractivity contribution >= 4 is 17.4 Å². The first-order valence-electron chi connectivity index (χ1n) is 7.50. The van der Waals surface area contributed by atoms with Crippen molar-refractivity contribution < 1.29 is 14.6 Å². The smallest absolute Gasteiger partial charge is 0.228 e. The van der Waals surface area contributed by atoms with E-state index in [1.54, 1.807) is 18.3 Å². The molecule has 6 nitrogen and oxygen atoms in total. The second kappa shape index (κ2) is 9.55. The summed E-state index contributed by atoms with van der Waals surface area (Å²) in [4.78, 5) is 16.2. The Hall–Kier alpha value is -2.44. The molecule has 1 heterocycles. The van der Waals surface area contributed by atoms with E-state index in [0.29, 0.717) is 37.7 Å². The predicted octanol–water partition coefficient (Wildman–Crippen LogP) is 1.68. The lowest BCUT2D eigenvalue weighted by Gasteiger charge is -2.08. The van der Waals surface area contributed by atoms with E-state index in [2.05, 4.69) is 15.6 Å². The number of carbonyl (C=O) groups excluding carboxylic acids is 1. The molecule has 0 saturated carbocycles. The van der Waals surface area contributed by atoms with Crippen LogP contribution in [0.25, 0.3) is 0 Å². The molecule has 0 radical (unpaired) electrons. The quantitative estimate of drug-likeness (QED) is 0.613. The fourth-order valence-corrected chi connectivity index (χ4v) is 1.98. The van der Waals surface area contributed by atoms with Crippen LogP contribution in [0.4, 0.5) is 11.5 Å². The molecule has 2 aromatic rings. The molecule has 122 valence electrons. The summed E-state index contributed by atoms with van der Waals surface area (Å²) in [5.41, 5.74) is 1.63. The normalized spacial score (nSPS) is 10.3. The van der Waals surface area contributed by atoms with Gasteiger partial charge in [0.2, 0.25) is 5.91 Å². The van der Waals surface area contributed by atoms with Gasteiger partial charge in [0.15, 0.2) is 0 Å². The number of anilines is 2. The summed E-state index contributed by atoms with van der Waals surface area (Å²) in [5.74, 6) is 0.634. The van der Waals surface area contributed by atoms with Gasteiger partial charge in [0.25, 0.3) is 0 Å². The molecule has 1 amide bonds. The molecule has 0 saturated heterocycles. The minimum absolute atomic E-state index is 0.0234. The average Bonchev–Trinajstić information content (AvgIpc) is 2.57. The maximum Gasteiger partial charge on any atom is 0.228 e. The molecule has 0 atom stereocenters. The number of hydrogen-bond donors (Lipinski definition) is 3. The number of aromatic nitrogens is 1. The van der Waals surface area contributed by atoms with Gasteiger partial charge in [0.05, 0.1) is 38.1 Å². The topological polar surface area (TPSA) is 83.5 Å². The van der Waals surface area contributed by atoms with Crippen LogP contribution in [0.2, 0.25) is 0 Å². The summed E-state index contributed by atoms with van der Waals surface area (Å²) < 4.78 is 5.14. The Bertz CT molecular complexity index is 588. The van der Waals surface area contributed by atoms with Gasteiger partial charge >= 0.3 is 0 Å². The Balaban J connectivity index is 1.75. The number of ether oxygens (including phenoxy) is 1. The van der Waals surface area contributed by atoms with Crippen LogP contribution in [0, 0.1) is 0 Å². The molecule has 23 heavy (non-hydrogen) atoms. The summed E-state index contributed by atoms with van der Waals surface area (Å²) >= 11 is 0. The summed E-state index contributed by atoms with van der Waals surface area (Å²) in [7, 11) is 0. The molecule has 0 fully saturated rings. The molecular formula is C17H21N3O3. The van der Waals surface area contributed by atoms with Crippen molar-refractivity contribution in [2.24, 2.45) is 0 Å². The number of nitrogens with zero attached hydrogens (tertiary/aromatic N) is 1. The largest absolute Gasteiger partial charge is 0.394 e. The molecule has 3 N–H and O–H groups in total. The standard InChI is InChI=1S/C17H21N3O3/c21-9-11-23-10-8-18-16-7-6-15(13-19-16)20-17(22)12-14-4-2-1-3-5-14/h1-7,13,21H,8-12H2,(H,18,19)(H,20,22). The third-order valence-electron chi connectivity index (χ3n) is 3.04. The monoisotopic (exact) mass is 315 g/mol. The van der Waals surface area contributed by atoms with Gasteiger partial charge in [0, 0.05) is 6.54 Å². The van der Waals surface area contributed by atoms with Crippen LogP contribution in [0.15, 0.2) is 48.7 Å². The van der Waals surface area contributed by atoms with Crippen LogP contribution < -0.4 is 10.6 Å². The molecule has 0 unspecified atom stereocenters. The molecule has 0 bridgehead atoms. The van der Waals surface area contributed by atoms with Crippen molar-refractivity contribution in [1.82, 2.24) is 4.98 Å². The van der Waals surface area contributed by atoms with Gasteiger partial charge in [-0.25, -0.2) is 4.98 Å². The maximum atomic E-state index is 11.9. The molecule has 6 heteroatoms. The van der Waals surface area contributed by atoms with Crippen molar-refractivity contribution in [2.75, 3.05) is 37.0 Å². The second-order valence-corrected chi connectivity index (χ2v) is 4.91. The van der Waals surface area contributed by atoms with Crippen LogP contribution in [-0.2, 0) is 16.0 Å². The third kappa shape index (κ3) is 6.46. The number of carbonyl (C=O) groups is 1. The zero-order chi connectivity index (χ0) is 16.3. The average molecular weight is 315 g/mol. The number of pyridine rings is 1. The molecule has 1 aromatic heterocycles. The summed E-state index contributed by atoms with van der Waals surface area (Å²) in [6, 6.07) is 13.2. The highest BCUT2D eigenvalue weighted by Gasteiger charge is 2.04. The highest BCUT2D eigenvalue weighted by molar-refractivity contribution is 5.92. The fourth-order valence-electron chi connectivity index (χ4n) is 1.98. The van der Waals surface area contributed by atoms with Crippen LogP contribution in [0.1, 0.15) is 5.56 Å². The fraction of sp³-hybridized carbons (Fsp3) is 0.294. The maximum absolute atomic E-state index is 11.9. The zero-order valence-corrected chi connectivity index (χ0v) is 12.9. The van der Waals surface area contributed by atoms with Gasteiger partial charge in [-0.3, -0.25) is 4.79 Å². The number of amides is 1. The first-order valence-corrected chi connectivity index (χ1v) is 7.50. The highest BCUT2D eigenvalue weighted by Crippen LogP contribution is 2.10. The van der Waals surface area contributed by atoms with E-state index in [-0.39, 0.29) is 12.5 Å². The molecule has 1 aromatic carbocycles. The number of aliphatic hydroxyl groups is 1. The Morgan fingerprint density at radius 2 is 1.96 bits per heavy atom. The lowest BCUT2D eigenvalue weighted by molar-refractivity contribution is -0.115. The van der Waals surface area contributed by atoms with Crippen LogP contribution in [0.5, 0.6) is 0 Å². The van der Waals surface area contributed by atoms with Gasteiger partial charge < -0.3 is 20.5 Å². The summed E-state index contributed by atoms with van der Waals surface area (Å²) in [6.07, 6.45) is 1.95. The van der Waals surface area contributed by atoms with Crippen molar-refractivity contribution in [3.8, 4) is 0 Å². The van der Waals surface area contributed by atoms with Gasteiger partial charge in [-0.15, -0.1) is 0 Å². The number of aliphatic hydroxyl groups excluding tert-OH is 1. The zero-order valence-electron chi connectivity index (χ0n) is 12.9. The lowest BCUT2D eigenvalue weighted by atomic mass is 10.1. The van der Waals surface area contributed by atoms with Crippen molar-refractivity contribution in [3.63, 3.8) is 0 Å². The molecule has 0 aliphatic carbocycles. The van der Waals surface area contributed by atoms with E-state index >= 15 is 0 Å². The van der Waals surface area contributed by atoms with Gasteiger partial charge in [-0.1, -0.05) is 30.3 Å². The summed E-state index contributed by atoms with van der Waals surface area (Å²) in [6.45, 7) is 1.46. The van der Waals surface area contributed by atoms with Crippen LogP contribution in [-0.4, -0.2) is 42.4 Å². The van der Waals surface area contributed by atoms with E-state index < -0.39 is 0 Å². The molecule has 0 spiro atoms. The molecular weight excluding hydrogens is 294 g/mol. The minimum atomic E-state index is -0.0730. The van der Waals surface area contributed by atoms with E-state index in [9.17, 15) is 4.79 Å². The van der Waals surface area contributed by atoms with Crippen molar-refractivity contribution in [1.29, 1.82) is 0 Å². The van der Waals surface area contributed by atoms with Crippen molar-refractivity contribution in [3.05, 3.63) is 54.2 Å². The molecule has 0 aliphatic heterocycles. The SMILES string of the molecule is O=C(Cc1ccccc1)Nc1ccc(NCCOCCO)nc1.